The molecule has 3 nitrogen and oxygen atoms in total. The zero-order valence-corrected chi connectivity index (χ0v) is 18.2. The van der Waals surface area contributed by atoms with Crippen LogP contribution in [0.4, 0.5) is 0 Å². The van der Waals surface area contributed by atoms with Gasteiger partial charge in [-0.2, -0.15) is 0 Å². The van der Waals surface area contributed by atoms with E-state index in [0.717, 1.165) is 0 Å². The van der Waals surface area contributed by atoms with Gasteiger partial charge in [0.25, 0.3) is 0 Å². The van der Waals surface area contributed by atoms with Crippen LogP contribution in [0.2, 0.25) is 0 Å². The van der Waals surface area contributed by atoms with E-state index in [2.05, 4.69) is 0 Å². The van der Waals surface area contributed by atoms with Gasteiger partial charge >= 0.3 is 7.32 Å². The number of rotatable bonds is 4. The maximum absolute atomic E-state index is 10.0. The molecule has 24 heavy (non-hydrogen) atoms. The molecule has 0 atom stereocenters. The van der Waals surface area contributed by atoms with Crippen LogP contribution < -0.4 is 0 Å². The van der Waals surface area contributed by atoms with Gasteiger partial charge in [0, 0.05) is 0 Å². The fourth-order valence-electron chi connectivity index (χ4n) is 1.65. The highest BCUT2D eigenvalue weighted by atomic mass is 35.5. The monoisotopic (exact) mass is 530 g/mol. The summed E-state index contributed by atoms with van der Waals surface area (Å²) in [4.78, 5) is 0. The van der Waals surface area contributed by atoms with Crippen molar-refractivity contribution < 1.29 is 14.3 Å². The molecule has 0 fully saturated rings. The van der Waals surface area contributed by atoms with Gasteiger partial charge in [-0.25, -0.2) is 0 Å². The molecule has 0 bridgehead atoms. The van der Waals surface area contributed by atoms with Crippen LogP contribution in [0.3, 0.4) is 0 Å². The zero-order chi connectivity index (χ0) is 18.6. The lowest BCUT2D eigenvalue weighted by molar-refractivity contribution is 0.0816. The molecule has 2 aliphatic rings. The van der Waals surface area contributed by atoms with E-state index < -0.39 is 17.4 Å². The fraction of sp³-hybridized carbons (Fsp3) is 0.200. The molecule has 0 unspecified atom stereocenters. The smallest absolute Gasteiger partial charge is 0.401 e. The van der Waals surface area contributed by atoms with Crippen molar-refractivity contribution in [2.24, 2.45) is 0 Å². The Morgan fingerprint density at radius 2 is 0.792 bits per heavy atom. The molecule has 0 amide bonds. The van der Waals surface area contributed by atoms with E-state index in [1.54, 1.807) is 0 Å². The standard InChI is InChI=1S/C10HBCl10O3/c12-1-2(13)6(17)9(20,5(1)16)23-11(22)24-10(21)7(18)3(14)4(15)8(10)19/h22H. The van der Waals surface area contributed by atoms with Gasteiger partial charge < -0.3 is 14.3 Å². The first-order valence-corrected chi connectivity index (χ1v) is 9.31. The van der Waals surface area contributed by atoms with Gasteiger partial charge in [0.05, 0.1) is 40.3 Å². The van der Waals surface area contributed by atoms with Crippen molar-refractivity contribution in [3.8, 4) is 0 Å². The molecule has 2 rings (SSSR count). The zero-order valence-electron chi connectivity index (χ0n) is 10.6. The lowest BCUT2D eigenvalue weighted by atomic mass is 10.2. The Hall–Kier alpha value is 1.80. The second-order valence-electron chi connectivity index (χ2n) is 4.25. The number of hydrogen-bond acceptors (Lipinski definition) is 3. The van der Waals surface area contributed by atoms with Crippen molar-refractivity contribution in [1.82, 2.24) is 0 Å². The summed E-state index contributed by atoms with van der Waals surface area (Å²) in [6.45, 7) is 0. The molecule has 0 aliphatic heterocycles. The predicted molar refractivity (Wildman–Crippen MR) is 102 cm³/mol. The van der Waals surface area contributed by atoms with Crippen LogP contribution in [0.25, 0.3) is 0 Å². The maximum atomic E-state index is 10.0. The van der Waals surface area contributed by atoms with Crippen molar-refractivity contribution in [3.05, 3.63) is 40.3 Å². The Bertz CT molecular complexity index is 618. The van der Waals surface area contributed by atoms with Gasteiger partial charge in [0.2, 0.25) is 10.1 Å². The number of alkyl halides is 2. The van der Waals surface area contributed by atoms with Crippen LogP contribution in [0.15, 0.2) is 40.3 Å². The Morgan fingerprint density at radius 1 is 0.583 bits per heavy atom. The molecule has 14 heteroatoms. The van der Waals surface area contributed by atoms with Crippen LogP contribution in [-0.2, 0) is 9.31 Å². The Labute approximate surface area is 186 Å². The molecular formula is C10HBCl10O3. The molecule has 2 aliphatic carbocycles. The van der Waals surface area contributed by atoms with Crippen LogP contribution in [0, 0.1) is 0 Å². The van der Waals surface area contributed by atoms with Gasteiger partial charge in [-0.1, -0.05) is 116 Å². The van der Waals surface area contributed by atoms with Gasteiger partial charge in [0.1, 0.15) is 0 Å². The lowest BCUT2D eigenvalue weighted by Crippen LogP contribution is -2.41. The first kappa shape index (κ1) is 22.1. The normalized spacial score (nSPS) is 23.1. The summed E-state index contributed by atoms with van der Waals surface area (Å²) in [5.41, 5.74) is 0. The van der Waals surface area contributed by atoms with E-state index in [9.17, 15) is 5.02 Å². The maximum Gasteiger partial charge on any atom is 0.640 e. The third-order valence-electron chi connectivity index (χ3n) is 2.81. The summed E-state index contributed by atoms with van der Waals surface area (Å²) in [5.74, 6) is 0. The molecule has 0 radical (unpaired) electrons. The third kappa shape index (κ3) is 3.46. The van der Waals surface area contributed by atoms with E-state index in [4.69, 9.17) is 125 Å². The minimum Gasteiger partial charge on any atom is -0.401 e. The first-order valence-electron chi connectivity index (χ1n) is 5.53. The fourth-order valence-corrected chi connectivity index (χ4v) is 4.51. The average molecular weight is 534 g/mol. The van der Waals surface area contributed by atoms with E-state index in [1.807, 2.05) is 0 Å². The van der Waals surface area contributed by atoms with Crippen LogP contribution in [0.1, 0.15) is 0 Å². The SMILES string of the molecule is OB(OC1(Cl)C(Cl)=C(Cl)C(Cl)=C1Cl)OC1(Cl)C(Cl)=C(Cl)C(Cl)=C1Cl. The largest absolute Gasteiger partial charge is 0.640 e. The number of halogens is 10. The predicted octanol–water partition coefficient (Wildman–Crippen LogP) is 6.65. The quantitative estimate of drug-likeness (QED) is 0.324. The molecule has 132 valence electrons. The van der Waals surface area contributed by atoms with Gasteiger partial charge in [0.15, 0.2) is 0 Å². The van der Waals surface area contributed by atoms with Crippen molar-refractivity contribution >= 4 is 123 Å². The highest BCUT2D eigenvalue weighted by molar-refractivity contribution is 6.60. The summed E-state index contributed by atoms with van der Waals surface area (Å²) in [7, 11) is -2.14. The van der Waals surface area contributed by atoms with Crippen molar-refractivity contribution in [2.75, 3.05) is 0 Å². The highest BCUT2D eigenvalue weighted by Gasteiger charge is 2.53. The van der Waals surface area contributed by atoms with E-state index in [-0.39, 0.29) is 40.3 Å². The van der Waals surface area contributed by atoms with Gasteiger partial charge in [-0.05, 0) is 0 Å². The molecular weight excluding hydrogens is 533 g/mol. The molecule has 0 aromatic heterocycles. The first-order chi connectivity index (χ1) is 10.9. The van der Waals surface area contributed by atoms with Gasteiger partial charge in [-0.15, -0.1) is 0 Å². The van der Waals surface area contributed by atoms with Crippen molar-refractivity contribution in [3.63, 3.8) is 0 Å². The Morgan fingerprint density at radius 3 is 1.00 bits per heavy atom. The van der Waals surface area contributed by atoms with E-state index >= 15 is 0 Å². The highest BCUT2D eigenvalue weighted by Crippen LogP contribution is 2.54. The topological polar surface area (TPSA) is 38.7 Å². The second kappa shape index (κ2) is 7.67. The molecule has 0 spiro atoms. The Kier molecular flexibility index (Phi) is 7.06. The van der Waals surface area contributed by atoms with Crippen molar-refractivity contribution in [1.29, 1.82) is 0 Å². The van der Waals surface area contributed by atoms with Crippen LogP contribution >= 0.6 is 116 Å². The van der Waals surface area contributed by atoms with E-state index in [1.165, 1.54) is 0 Å². The minimum absolute atomic E-state index is 0.158. The summed E-state index contributed by atoms with van der Waals surface area (Å²) in [5, 5.41) is 4.01. The molecule has 0 saturated heterocycles. The minimum atomic E-state index is -2.14. The second-order valence-corrected chi connectivity index (χ2v) is 8.33. The molecule has 0 saturated carbocycles. The van der Waals surface area contributed by atoms with Crippen molar-refractivity contribution in [2.45, 2.75) is 10.1 Å². The van der Waals surface area contributed by atoms with Crippen LogP contribution in [-0.4, -0.2) is 22.5 Å². The van der Waals surface area contributed by atoms with Crippen LogP contribution in [0.5, 0.6) is 0 Å². The average Bonchev–Trinajstić information content (AvgIpc) is 2.75. The summed E-state index contributed by atoms with van der Waals surface area (Å²) < 4.78 is 10.2. The third-order valence-corrected chi connectivity index (χ3v) is 8.05. The summed E-state index contributed by atoms with van der Waals surface area (Å²) >= 11 is 59.3. The molecule has 1 N–H and O–H groups in total. The summed E-state index contributed by atoms with van der Waals surface area (Å²) in [6.07, 6.45) is 0. The molecule has 0 heterocycles. The number of hydrogen-bond donors (Lipinski definition) is 1. The molecule has 0 aromatic carbocycles. The molecule has 0 aromatic rings. The lowest BCUT2D eigenvalue weighted by Gasteiger charge is -2.29. The number of allylic oxidation sites excluding steroid dienone is 4. The summed E-state index contributed by atoms with van der Waals surface area (Å²) in [6, 6.07) is 0. The van der Waals surface area contributed by atoms with Gasteiger partial charge in [-0.3, -0.25) is 0 Å². The Balaban J connectivity index is 2.26. The van der Waals surface area contributed by atoms with E-state index in [0.29, 0.717) is 0 Å².